The molecular weight excluding hydrogens is 394 g/mol. The van der Waals surface area contributed by atoms with Gasteiger partial charge in [-0.25, -0.2) is 0 Å². The number of carbonyl (C=O) groups is 1. The molecular formula is C23H21N5OS. The molecule has 150 valence electrons. The van der Waals surface area contributed by atoms with Gasteiger partial charge in [0.1, 0.15) is 0 Å². The number of carbonyl (C=O) groups excluding carboxylic acids is 1. The lowest BCUT2D eigenvalue weighted by atomic mass is 10.1. The highest BCUT2D eigenvalue weighted by atomic mass is 32.2. The van der Waals surface area contributed by atoms with Gasteiger partial charge in [-0.1, -0.05) is 49.0 Å². The molecule has 1 amide bonds. The minimum atomic E-state index is -0.0845. The van der Waals surface area contributed by atoms with Crippen LogP contribution in [0.2, 0.25) is 0 Å². The summed E-state index contributed by atoms with van der Waals surface area (Å²) >= 11 is 1.35. The van der Waals surface area contributed by atoms with E-state index in [1.165, 1.54) is 17.3 Å². The molecule has 0 fully saturated rings. The highest BCUT2D eigenvalue weighted by Crippen LogP contribution is 2.27. The van der Waals surface area contributed by atoms with Crippen LogP contribution in [0.15, 0.2) is 84.3 Å². The molecule has 1 N–H and O–H groups in total. The third kappa shape index (κ3) is 4.58. The average Bonchev–Trinajstić information content (AvgIpc) is 3.23. The molecule has 0 aliphatic rings. The maximum atomic E-state index is 12.5. The molecule has 0 aliphatic carbocycles. The second-order valence-corrected chi connectivity index (χ2v) is 7.55. The first-order valence-corrected chi connectivity index (χ1v) is 10.7. The number of nitrogens with zero attached hydrogens (tertiary/aromatic N) is 4. The summed E-state index contributed by atoms with van der Waals surface area (Å²) in [6.07, 6.45) is 4.40. The number of aryl methyl sites for hydroxylation is 1. The van der Waals surface area contributed by atoms with Gasteiger partial charge >= 0.3 is 0 Å². The molecule has 0 aliphatic heterocycles. The first-order chi connectivity index (χ1) is 14.7. The fourth-order valence-electron chi connectivity index (χ4n) is 3.05. The Balaban J connectivity index is 1.55. The lowest BCUT2D eigenvalue weighted by Gasteiger charge is -2.10. The average molecular weight is 416 g/mol. The van der Waals surface area contributed by atoms with E-state index in [1.54, 1.807) is 12.4 Å². The van der Waals surface area contributed by atoms with Gasteiger partial charge in [-0.3, -0.25) is 14.3 Å². The number of rotatable bonds is 7. The first kappa shape index (κ1) is 19.8. The Morgan fingerprint density at radius 1 is 1.03 bits per heavy atom. The van der Waals surface area contributed by atoms with Gasteiger partial charge in [0.25, 0.3) is 0 Å². The predicted molar refractivity (Wildman–Crippen MR) is 120 cm³/mol. The van der Waals surface area contributed by atoms with Crippen LogP contribution in [0.4, 0.5) is 5.69 Å². The van der Waals surface area contributed by atoms with Crippen molar-refractivity contribution in [3.8, 4) is 17.1 Å². The normalized spacial score (nSPS) is 10.7. The number of benzene rings is 2. The zero-order valence-corrected chi connectivity index (χ0v) is 17.3. The van der Waals surface area contributed by atoms with E-state index in [0.717, 1.165) is 23.4 Å². The van der Waals surface area contributed by atoms with Crippen molar-refractivity contribution in [2.45, 2.75) is 18.5 Å². The summed E-state index contributed by atoms with van der Waals surface area (Å²) in [5.74, 6) is 0.834. The number of amides is 1. The summed E-state index contributed by atoms with van der Waals surface area (Å²) in [6, 6.07) is 21.6. The molecule has 2 aromatic carbocycles. The second kappa shape index (κ2) is 9.37. The van der Waals surface area contributed by atoms with E-state index >= 15 is 0 Å². The van der Waals surface area contributed by atoms with Crippen LogP contribution in [0.5, 0.6) is 0 Å². The fourth-order valence-corrected chi connectivity index (χ4v) is 3.80. The summed E-state index contributed by atoms with van der Waals surface area (Å²) in [4.78, 5) is 16.7. The van der Waals surface area contributed by atoms with Crippen molar-refractivity contribution in [3.05, 3.63) is 84.7 Å². The molecule has 30 heavy (non-hydrogen) atoms. The molecule has 0 atom stereocenters. The maximum Gasteiger partial charge on any atom is 0.234 e. The highest BCUT2D eigenvalue weighted by molar-refractivity contribution is 7.99. The second-order valence-electron chi connectivity index (χ2n) is 6.61. The van der Waals surface area contributed by atoms with Crippen molar-refractivity contribution in [1.82, 2.24) is 19.7 Å². The Kier molecular flexibility index (Phi) is 6.20. The van der Waals surface area contributed by atoms with Crippen molar-refractivity contribution in [1.29, 1.82) is 0 Å². The predicted octanol–water partition coefficient (Wildman–Crippen LogP) is 4.62. The van der Waals surface area contributed by atoms with Crippen LogP contribution in [-0.4, -0.2) is 31.4 Å². The molecule has 0 bridgehead atoms. The Hall–Kier alpha value is -3.45. The topological polar surface area (TPSA) is 72.7 Å². The van der Waals surface area contributed by atoms with Gasteiger partial charge < -0.3 is 5.32 Å². The molecule has 0 unspecified atom stereocenters. The molecule has 0 spiro atoms. The zero-order valence-electron chi connectivity index (χ0n) is 16.5. The third-order valence-electron chi connectivity index (χ3n) is 4.52. The summed E-state index contributed by atoms with van der Waals surface area (Å²) < 4.78 is 1.95. The number of aromatic nitrogens is 4. The molecule has 6 nitrogen and oxygen atoms in total. The SMILES string of the molecule is CCc1cccc(NC(=O)CSc2nnc(-c3cccnc3)n2-c2ccccc2)c1. The molecule has 0 saturated heterocycles. The van der Waals surface area contributed by atoms with E-state index in [9.17, 15) is 4.79 Å². The van der Waals surface area contributed by atoms with E-state index in [2.05, 4.69) is 27.4 Å². The number of hydrogen-bond acceptors (Lipinski definition) is 5. The highest BCUT2D eigenvalue weighted by Gasteiger charge is 2.17. The van der Waals surface area contributed by atoms with Crippen LogP contribution in [-0.2, 0) is 11.2 Å². The van der Waals surface area contributed by atoms with Gasteiger partial charge in [-0.2, -0.15) is 0 Å². The van der Waals surface area contributed by atoms with Crippen LogP contribution in [0, 0.1) is 0 Å². The van der Waals surface area contributed by atoms with Crippen molar-refractivity contribution in [2.75, 3.05) is 11.1 Å². The van der Waals surface area contributed by atoms with E-state index in [1.807, 2.05) is 71.3 Å². The minimum Gasteiger partial charge on any atom is -0.325 e. The number of nitrogens with one attached hydrogen (secondary N) is 1. The molecule has 2 heterocycles. The van der Waals surface area contributed by atoms with Gasteiger partial charge in [0, 0.05) is 29.3 Å². The van der Waals surface area contributed by atoms with E-state index in [0.29, 0.717) is 11.0 Å². The van der Waals surface area contributed by atoms with Crippen molar-refractivity contribution in [2.24, 2.45) is 0 Å². The lowest BCUT2D eigenvalue weighted by Crippen LogP contribution is -2.14. The Morgan fingerprint density at radius 3 is 2.67 bits per heavy atom. The van der Waals surface area contributed by atoms with Gasteiger partial charge in [-0.05, 0) is 48.4 Å². The number of para-hydroxylation sites is 1. The Labute approximate surface area is 179 Å². The monoisotopic (exact) mass is 415 g/mol. The summed E-state index contributed by atoms with van der Waals surface area (Å²) in [7, 11) is 0. The van der Waals surface area contributed by atoms with Crippen LogP contribution < -0.4 is 5.32 Å². The number of thioether (sulfide) groups is 1. The zero-order chi connectivity index (χ0) is 20.8. The smallest absolute Gasteiger partial charge is 0.234 e. The number of anilines is 1. The van der Waals surface area contributed by atoms with Gasteiger partial charge in [0.2, 0.25) is 5.91 Å². The minimum absolute atomic E-state index is 0.0845. The van der Waals surface area contributed by atoms with E-state index in [-0.39, 0.29) is 11.7 Å². The number of hydrogen-bond donors (Lipinski definition) is 1. The van der Waals surface area contributed by atoms with Crippen LogP contribution in [0.3, 0.4) is 0 Å². The van der Waals surface area contributed by atoms with Crippen molar-refractivity contribution < 1.29 is 4.79 Å². The first-order valence-electron chi connectivity index (χ1n) is 9.67. The van der Waals surface area contributed by atoms with E-state index in [4.69, 9.17) is 0 Å². The largest absolute Gasteiger partial charge is 0.325 e. The van der Waals surface area contributed by atoms with E-state index < -0.39 is 0 Å². The standard InChI is InChI=1S/C23H21N5OS/c1-2-17-8-6-10-19(14-17)25-21(29)16-30-23-27-26-22(18-9-7-13-24-15-18)28(23)20-11-4-3-5-12-20/h3-15H,2,16H2,1H3,(H,25,29). The van der Waals surface area contributed by atoms with Crippen molar-refractivity contribution >= 4 is 23.4 Å². The molecule has 4 aromatic rings. The summed E-state index contributed by atoms with van der Waals surface area (Å²) in [5, 5.41) is 12.3. The van der Waals surface area contributed by atoms with Crippen LogP contribution in [0.25, 0.3) is 17.1 Å². The van der Waals surface area contributed by atoms with Gasteiger partial charge in [-0.15, -0.1) is 10.2 Å². The lowest BCUT2D eigenvalue weighted by molar-refractivity contribution is -0.113. The van der Waals surface area contributed by atoms with Crippen LogP contribution >= 0.6 is 11.8 Å². The van der Waals surface area contributed by atoms with Gasteiger partial charge in [0.05, 0.1) is 5.75 Å². The van der Waals surface area contributed by atoms with Crippen LogP contribution in [0.1, 0.15) is 12.5 Å². The maximum absolute atomic E-state index is 12.5. The number of pyridine rings is 1. The quantitative estimate of drug-likeness (QED) is 0.446. The van der Waals surface area contributed by atoms with Crippen molar-refractivity contribution in [3.63, 3.8) is 0 Å². The molecule has 7 heteroatoms. The Morgan fingerprint density at radius 2 is 1.90 bits per heavy atom. The third-order valence-corrected chi connectivity index (χ3v) is 5.45. The molecule has 4 rings (SSSR count). The molecule has 2 aromatic heterocycles. The molecule has 0 saturated carbocycles. The fraction of sp³-hybridized carbons (Fsp3) is 0.130. The molecule has 0 radical (unpaired) electrons. The summed E-state index contributed by atoms with van der Waals surface area (Å²) in [6.45, 7) is 2.09. The van der Waals surface area contributed by atoms with Gasteiger partial charge in [0.15, 0.2) is 11.0 Å². The summed E-state index contributed by atoms with van der Waals surface area (Å²) in [5.41, 5.74) is 3.78. The Bertz CT molecular complexity index is 1130.